The lowest BCUT2D eigenvalue weighted by molar-refractivity contribution is -0.119. The summed E-state index contributed by atoms with van der Waals surface area (Å²) in [7, 11) is 0. The van der Waals surface area contributed by atoms with Crippen LogP contribution in [0.4, 0.5) is 10.5 Å². The maximum atomic E-state index is 12.6. The number of carbonyl (C=O) groups excluding carboxylic acids is 2. The molecule has 118 valence electrons. The van der Waals surface area contributed by atoms with Gasteiger partial charge in [0, 0.05) is 6.04 Å². The third-order valence-electron chi connectivity index (χ3n) is 4.27. The fourth-order valence-corrected chi connectivity index (χ4v) is 3.16. The summed E-state index contributed by atoms with van der Waals surface area (Å²) in [5.74, 6) is -0.208. The van der Waals surface area contributed by atoms with Gasteiger partial charge < -0.3 is 4.90 Å². The highest BCUT2D eigenvalue weighted by Crippen LogP contribution is 2.35. The molecule has 1 aromatic heterocycles. The van der Waals surface area contributed by atoms with Crippen molar-refractivity contribution in [2.24, 2.45) is 0 Å². The molecule has 1 aliphatic carbocycles. The van der Waals surface area contributed by atoms with E-state index in [1.165, 1.54) is 11.1 Å². The second-order valence-electron chi connectivity index (χ2n) is 5.87. The van der Waals surface area contributed by atoms with Gasteiger partial charge >= 0.3 is 6.03 Å². The van der Waals surface area contributed by atoms with E-state index in [4.69, 9.17) is 11.6 Å². The van der Waals surface area contributed by atoms with E-state index in [0.29, 0.717) is 16.4 Å². The molecule has 23 heavy (non-hydrogen) atoms. The van der Waals surface area contributed by atoms with Crippen molar-refractivity contribution in [1.29, 1.82) is 0 Å². The van der Waals surface area contributed by atoms with Gasteiger partial charge in [0.15, 0.2) is 0 Å². The van der Waals surface area contributed by atoms with Crippen LogP contribution in [0.5, 0.6) is 0 Å². The first-order valence-corrected chi connectivity index (χ1v) is 7.91. The lowest BCUT2D eigenvalue weighted by atomic mass is 10.3. The summed E-state index contributed by atoms with van der Waals surface area (Å²) in [4.78, 5) is 27.9. The molecule has 1 saturated heterocycles. The predicted molar refractivity (Wildman–Crippen MR) is 85.8 cm³/mol. The van der Waals surface area contributed by atoms with Gasteiger partial charge in [-0.3, -0.25) is 4.79 Å². The zero-order valence-electron chi connectivity index (χ0n) is 12.5. The monoisotopic (exact) mass is 330 g/mol. The smallest absolute Gasteiger partial charge is 0.309 e. The number of halogens is 1. The van der Waals surface area contributed by atoms with Gasteiger partial charge in [0.2, 0.25) is 0 Å². The molecule has 0 radical (unpaired) electrons. The first-order valence-electron chi connectivity index (χ1n) is 7.54. The molecule has 1 unspecified atom stereocenters. The second kappa shape index (κ2) is 5.09. The number of hydrogen-bond donors (Lipinski definition) is 0. The Balaban J connectivity index is 1.68. The summed E-state index contributed by atoms with van der Waals surface area (Å²) in [6.45, 7) is 1.77. The van der Waals surface area contributed by atoms with Crippen LogP contribution in [-0.2, 0) is 4.79 Å². The molecule has 7 heteroatoms. The number of anilines is 1. The van der Waals surface area contributed by atoms with E-state index in [-0.39, 0.29) is 18.0 Å². The lowest BCUT2D eigenvalue weighted by Gasteiger charge is -2.17. The molecule has 4 rings (SSSR count). The Morgan fingerprint density at radius 2 is 1.96 bits per heavy atom. The quantitative estimate of drug-likeness (QED) is 0.813. The predicted octanol–water partition coefficient (Wildman–Crippen LogP) is 2.85. The highest BCUT2D eigenvalue weighted by molar-refractivity contribution is 6.32. The van der Waals surface area contributed by atoms with E-state index in [1.807, 2.05) is 18.2 Å². The van der Waals surface area contributed by atoms with Gasteiger partial charge in [-0.1, -0.05) is 23.7 Å². The van der Waals surface area contributed by atoms with Crippen molar-refractivity contribution in [3.8, 4) is 5.69 Å². The number of rotatable bonds is 3. The molecule has 2 aromatic rings. The molecule has 2 heterocycles. The van der Waals surface area contributed by atoms with E-state index in [2.05, 4.69) is 5.10 Å². The van der Waals surface area contributed by atoms with Crippen molar-refractivity contribution < 1.29 is 9.59 Å². The number of hydrogen-bond acceptors (Lipinski definition) is 3. The number of aromatic nitrogens is 2. The summed E-state index contributed by atoms with van der Waals surface area (Å²) in [6.07, 6.45) is 5.11. The van der Waals surface area contributed by atoms with Crippen molar-refractivity contribution in [2.45, 2.75) is 31.8 Å². The van der Waals surface area contributed by atoms with Crippen molar-refractivity contribution in [3.63, 3.8) is 0 Å². The standard InChI is InChI=1S/C16H15ClN4O2/c1-10-15(22)21(16(23)20(10)11-6-7-11)12-8-18-19(9-12)14-5-3-2-4-13(14)17/h2-5,8-11H,6-7H2,1H3. The number of benzene rings is 1. The highest BCUT2D eigenvalue weighted by atomic mass is 35.5. The molecule has 6 nitrogen and oxygen atoms in total. The fourth-order valence-electron chi connectivity index (χ4n) is 2.94. The first-order chi connectivity index (χ1) is 11.1. The fraction of sp³-hybridized carbons (Fsp3) is 0.312. The summed E-state index contributed by atoms with van der Waals surface area (Å²) >= 11 is 6.16. The molecule has 2 fully saturated rings. The van der Waals surface area contributed by atoms with Gasteiger partial charge in [0.1, 0.15) is 6.04 Å². The Bertz CT molecular complexity index is 799. The molecule has 1 aromatic carbocycles. The zero-order valence-corrected chi connectivity index (χ0v) is 13.3. The Kier molecular flexibility index (Phi) is 3.16. The topological polar surface area (TPSA) is 58.4 Å². The van der Waals surface area contributed by atoms with Crippen molar-refractivity contribution in [3.05, 3.63) is 41.7 Å². The van der Waals surface area contributed by atoms with E-state index < -0.39 is 6.04 Å². The number of urea groups is 1. The average Bonchev–Trinajstić information content (AvgIpc) is 3.20. The van der Waals surface area contributed by atoms with Crippen LogP contribution in [0, 0.1) is 0 Å². The van der Waals surface area contributed by atoms with Gasteiger partial charge in [0.25, 0.3) is 5.91 Å². The average molecular weight is 331 g/mol. The molecule has 1 atom stereocenters. The van der Waals surface area contributed by atoms with Crippen LogP contribution in [0.25, 0.3) is 5.69 Å². The van der Waals surface area contributed by atoms with Crippen molar-refractivity contribution in [2.75, 3.05) is 4.90 Å². The third kappa shape index (κ3) is 2.21. The van der Waals surface area contributed by atoms with Crippen LogP contribution in [0.2, 0.25) is 5.02 Å². The molecule has 1 aliphatic heterocycles. The van der Waals surface area contributed by atoms with Gasteiger partial charge in [0.05, 0.1) is 28.8 Å². The van der Waals surface area contributed by atoms with E-state index in [1.54, 1.807) is 28.8 Å². The van der Waals surface area contributed by atoms with Gasteiger partial charge in [-0.2, -0.15) is 5.10 Å². The summed E-state index contributed by atoms with van der Waals surface area (Å²) in [6, 6.07) is 6.80. The van der Waals surface area contributed by atoms with Crippen LogP contribution in [0.3, 0.4) is 0 Å². The molecule has 0 N–H and O–H groups in total. The lowest BCUT2D eigenvalue weighted by Crippen LogP contribution is -2.35. The molecular formula is C16H15ClN4O2. The molecule has 0 bridgehead atoms. The summed E-state index contributed by atoms with van der Waals surface area (Å²) < 4.78 is 1.57. The molecular weight excluding hydrogens is 316 g/mol. The number of para-hydroxylation sites is 1. The zero-order chi connectivity index (χ0) is 16.1. The van der Waals surface area contributed by atoms with E-state index in [9.17, 15) is 9.59 Å². The second-order valence-corrected chi connectivity index (χ2v) is 6.27. The molecule has 2 aliphatic rings. The highest BCUT2D eigenvalue weighted by Gasteiger charge is 2.49. The maximum Gasteiger partial charge on any atom is 0.332 e. The Morgan fingerprint density at radius 3 is 2.65 bits per heavy atom. The number of nitrogens with zero attached hydrogens (tertiary/aromatic N) is 4. The largest absolute Gasteiger partial charge is 0.332 e. The van der Waals surface area contributed by atoms with Crippen LogP contribution in [-0.4, -0.2) is 38.7 Å². The third-order valence-corrected chi connectivity index (χ3v) is 4.59. The number of carbonyl (C=O) groups is 2. The van der Waals surface area contributed by atoms with Crippen molar-refractivity contribution in [1.82, 2.24) is 14.7 Å². The van der Waals surface area contributed by atoms with E-state index in [0.717, 1.165) is 12.8 Å². The van der Waals surface area contributed by atoms with Crippen molar-refractivity contribution >= 4 is 29.2 Å². The minimum atomic E-state index is -0.418. The minimum Gasteiger partial charge on any atom is -0.309 e. The number of imide groups is 1. The van der Waals surface area contributed by atoms with Gasteiger partial charge in [-0.05, 0) is 31.9 Å². The van der Waals surface area contributed by atoms with E-state index >= 15 is 0 Å². The van der Waals surface area contributed by atoms with Crippen LogP contribution in [0.15, 0.2) is 36.7 Å². The molecule has 1 saturated carbocycles. The van der Waals surface area contributed by atoms with Gasteiger partial charge in [-0.15, -0.1) is 0 Å². The van der Waals surface area contributed by atoms with Crippen LogP contribution in [0.1, 0.15) is 19.8 Å². The Labute approximate surface area is 138 Å². The molecule has 0 spiro atoms. The maximum absolute atomic E-state index is 12.6. The SMILES string of the molecule is CC1C(=O)N(c2cnn(-c3ccccc3Cl)c2)C(=O)N1C1CC1. The Hall–Kier alpha value is -2.34. The summed E-state index contributed by atoms with van der Waals surface area (Å²) in [5.41, 5.74) is 1.17. The normalized spacial score (nSPS) is 21.4. The van der Waals surface area contributed by atoms with Crippen LogP contribution < -0.4 is 4.90 Å². The molecule has 3 amide bonds. The van der Waals surface area contributed by atoms with Crippen LogP contribution >= 0.6 is 11.6 Å². The minimum absolute atomic E-state index is 0.199. The number of amides is 3. The Morgan fingerprint density at radius 1 is 1.22 bits per heavy atom. The summed E-state index contributed by atoms with van der Waals surface area (Å²) in [5, 5.41) is 4.79. The van der Waals surface area contributed by atoms with Gasteiger partial charge in [-0.25, -0.2) is 14.4 Å². The first kappa shape index (κ1) is 14.3.